The van der Waals surface area contributed by atoms with Crippen molar-refractivity contribution in [1.82, 2.24) is 5.43 Å². The van der Waals surface area contributed by atoms with Crippen molar-refractivity contribution in [2.45, 2.75) is 78.3 Å². The molecule has 1 aromatic rings. The number of benzene rings is 1. The molecule has 0 saturated heterocycles. The maximum absolute atomic E-state index is 13.0. The van der Waals surface area contributed by atoms with Gasteiger partial charge in [0, 0.05) is 17.0 Å². The Balaban J connectivity index is 3.59. The van der Waals surface area contributed by atoms with Crippen LogP contribution in [0.2, 0.25) is 18.1 Å². The lowest BCUT2D eigenvalue weighted by Gasteiger charge is -2.39. The van der Waals surface area contributed by atoms with E-state index in [1.807, 2.05) is 24.3 Å². The number of amides is 1. The van der Waals surface area contributed by atoms with Crippen molar-refractivity contribution < 1.29 is 18.8 Å². The Morgan fingerprint density at radius 1 is 1.10 bits per heavy atom. The predicted molar refractivity (Wildman–Crippen MR) is 122 cm³/mol. The quantitative estimate of drug-likeness (QED) is 0.255. The second-order valence-corrected chi connectivity index (χ2v) is 15.1. The highest BCUT2D eigenvalue weighted by Crippen LogP contribution is 2.41. The minimum atomic E-state index is -2.32. The van der Waals surface area contributed by atoms with Crippen molar-refractivity contribution in [1.29, 1.82) is 0 Å². The van der Waals surface area contributed by atoms with E-state index in [0.717, 1.165) is 10.0 Å². The van der Waals surface area contributed by atoms with E-state index in [-0.39, 0.29) is 16.7 Å². The first kappa shape index (κ1) is 25.5. The van der Waals surface area contributed by atoms with Gasteiger partial charge in [-0.15, -0.1) is 0 Å². The highest BCUT2D eigenvalue weighted by molar-refractivity contribution is 9.10. The second kappa shape index (κ2) is 9.53. The molecule has 0 spiro atoms. The monoisotopic (exact) mass is 484 g/mol. The molecule has 1 atom stereocenters. The molecule has 0 heterocycles. The van der Waals surface area contributed by atoms with Crippen molar-refractivity contribution >= 4 is 41.8 Å². The molecule has 0 aromatic heterocycles. The van der Waals surface area contributed by atoms with Crippen LogP contribution < -0.4 is 5.43 Å². The summed E-state index contributed by atoms with van der Waals surface area (Å²) in [6.45, 7) is 17.2. The molecule has 0 aliphatic rings. The maximum atomic E-state index is 13.0. The third kappa shape index (κ3) is 7.68. The smallest absolute Gasteiger partial charge is 0.358 e. The van der Waals surface area contributed by atoms with Gasteiger partial charge in [-0.1, -0.05) is 54.9 Å². The molecule has 0 saturated carbocycles. The van der Waals surface area contributed by atoms with E-state index < -0.39 is 26.0 Å². The standard InChI is InChI=1S/C21H33BrN2O4Si/c1-14(25)23-24-17(19(26)27-20(2,3)4)18(15-12-10-11-13-16(15)22)28-29(8,9)21(5,6)7/h10-13,18H,1-9H3,(H,23,25)/b24-17-. The van der Waals surface area contributed by atoms with Gasteiger partial charge in [0.1, 0.15) is 11.7 Å². The third-order valence-electron chi connectivity index (χ3n) is 4.60. The summed E-state index contributed by atoms with van der Waals surface area (Å²) in [6.07, 6.45) is -0.798. The number of hydrogen-bond acceptors (Lipinski definition) is 5. The summed E-state index contributed by atoms with van der Waals surface area (Å²) in [7, 11) is -2.32. The molecule has 1 amide bonds. The van der Waals surface area contributed by atoms with Crippen molar-refractivity contribution in [3.63, 3.8) is 0 Å². The molecule has 8 heteroatoms. The minimum absolute atomic E-state index is 0.00634. The van der Waals surface area contributed by atoms with Crippen molar-refractivity contribution in [3.05, 3.63) is 34.3 Å². The van der Waals surface area contributed by atoms with Crippen LogP contribution in [-0.2, 0) is 18.8 Å². The normalized spacial score (nSPS) is 14.3. The average Bonchev–Trinajstić information content (AvgIpc) is 2.51. The van der Waals surface area contributed by atoms with Gasteiger partial charge in [0.25, 0.3) is 0 Å². The topological polar surface area (TPSA) is 77.0 Å². The molecule has 0 aliphatic carbocycles. The summed E-state index contributed by atoms with van der Waals surface area (Å²) >= 11 is 3.55. The minimum Gasteiger partial charge on any atom is -0.455 e. The molecule has 0 bridgehead atoms. The third-order valence-corrected chi connectivity index (χ3v) is 9.76. The molecule has 1 N–H and O–H groups in total. The lowest BCUT2D eigenvalue weighted by atomic mass is 10.0. The molecule has 29 heavy (non-hydrogen) atoms. The van der Waals surface area contributed by atoms with Crippen LogP contribution in [-0.4, -0.2) is 31.5 Å². The largest absolute Gasteiger partial charge is 0.455 e. The van der Waals surface area contributed by atoms with Crippen LogP contribution in [0.1, 0.15) is 60.1 Å². The Kier molecular flexibility index (Phi) is 8.39. The Morgan fingerprint density at radius 3 is 2.10 bits per heavy atom. The fraction of sp³-hybridized carbons (Fsp3) is 0.571. The van der Waals surface area contributed by atoms with Gasteiger partial charge in [0.2, 0.25) is 5.91 Å². The number of ether oxygens (including phenoxy) is 1. The number of nitrogens with zero attached hydrogens (tertiary/aromatic N) is 1. The summed E-state index contributed by atoms with van der Waals surface area (Å²) in [5.41, 5.74) is 2.41. The van der Waals surface area contributed by atoms with Crippen molar-refractivity contribution in [2.24, 2.45) is 5.10 Å². The molecule has 1 unspecified atom stereocenters. The van der Waals surface area contributed by atoms with E-state index in [2.05, 4.69) is 60.3 Å². The fourth-order valence-corrected chi connectivity index (χ4v) is 3.78. The fourth-order valence-electron chi connectivity index (χ4n) is 2.11. The number of carbonyl (C=O) groups is 2. The zero-order valence-corrected chi connectivity index (χ0v) is 21.4. The first-order valence-electron chi connectivity index (χ1n) is 9.55. The van der Waals surface area contributed by atoms with Crippen LogP contribution in [0.3, 0.4) is 0 Å². The van der Waals surface area contributed by atoms with Crippen LogP contribution in [0.25, 0.3) is 0 Å². The van der Waals surface area contributed by atoms with Crippen LogP contribution in [0.4, 0.5) is 0 Å². The Morgan fingerprint density at radius 2 is 1.66 bits per heavy atom. The van der Waals surface area contributed by atoms with Gasteiger partial charge in [-0.2, -0.15) is 5.10 Å². The molecule has 162 valence electrons. The molecule has 6 nitrogen and oxygen atoms in total. The van der Waals surface area contributed by atoms with Gasteiger partial charge in [0.05, 0.1) is 0 Å². The van der Waals surface area contributed by atoms with E-state index in [9.17, 15) is 9.59 Å². The first-order valence-corrected chi connectivity index (χ1v) is 13.2. The number of rotatable bonds is 6. The van der Waals surface area contributed by atoms with Gasteiger partial charge in [-0.25, -0.2) is 10.2 Å². The Labute approximate surface area is 183 Å². The van der Waals surface area contributed by atoms with E-state index in [4.69, 9.17) is 9.16 Å². The van der Waals surface area contributed by atoms with E-state index in [1.54, 1.807) is 20.8 Å². The number of nitrogens with one attached hydrogen (secondary N) is 1. The summed E-state index contributed by atoms with van der Waals surface area (Å²) in [4.78, 5) is 24.6. The van der Waals surface area contributed by atoms with Crippen LogP contribution in [0.5, 0.6) is 0 Å². The van der Waals surface area contributed by atoms with Crippen LogP contribution in [0, 0.1) is 0 Å². The summed E-state index contributed by atoms with van der Waals surface area (Å²) < 4.78 is 13.0. The molecular formula is C21H33BrN2O4Si. The predicted octanol–water partition coefficient (Wildman–Crippen LogP) is 5.35. The average molecular weight is 485 g/mol. The number of hydrazone groups is 1. The number of carbonyl (C=O) groups excluding carboxylic acids is 2. The van der Waals surface area contributed by atoms with Crippen LogP contribution in [0.15, 0.2) is 33.8 Å². The van der Waals surface area contributed by atoms with E-state index in [0.29, 0.717) is 0 Å². The highest BCUT2D eigenvalue weighted by Gasteiger charge is 2.43. The van der Waals surface area contributed by atoms with Gasteiger partial charge < -0.3 is 9.16 Å². The zero-order valence-electron chi connectivity index (χ0n) is 18.8. The van der Waals surface area contributed by atoms with Crippen molar-refractivity contribution in [3.8, 4) is 0 Å². The van der Waals surface area contributed by atoms with E-state index >= 15 is 0 Å². The van der Waals surface area contributed by atoms with Gasteiger partial charge in [-0.3, -0.25) is 4.79 Å². The molecule has 0 fully saturated rings. The second-order valence-electron chi connectivity index (χ2n) is 9.45. The van der Waals surface area contributed by atoms with Gasteiger partial charge in [0.15, 0.2) is 14.0 Å². The lowest BCUT2D eigenvalue weighted by molar-refractivity contribution is -0.146. The number of hydrogen-bond donors (Lipinski definition) is 1. The SMILES string of the molecule is CC(=O)N/N=C(\C(=O)OC(C)(C)C)C(O[Si](C)(C)C(C)(C)C)c1ccccc1Br. The van der Waals surface area contributed by atoms with Gasteiger partial charge in [-0.05, 0) is 45.0 Å². The number of esters is 1. The molecule has 1 aromatic carbocycles. The summed E-state index contributed by atoms with van der Waals surface area (Å²) in [5.74, 6) is -1.02. The number of halogens is 1. The van der Waals surface area contributed by atoms with E-state index in [1.165, 1.54) is 6.92 Å². The van der Waals surface area contributed by atoms with Crippen molar-refractivity contribution in [2.75, 3.05) is 0 Å². The molecule has 1 rings (SSSR count). The molecule has 0 aliphatic heterocycles. The summed E-state index contributed by atoms with van der Waals surface area (Å²) in [5, 5.41) is 4.01. The Hall–Kier alpha value is -1.51. The molecule has 0 radical (unpaired) electrons. The van der Waals surface area contributed by atoms with Gasteiger partial charge >= 0.3 is 5.97 Å². The zero-order chi connectivity index (χ0) is 22.6. The van der Waals surface area contributed by atoms with Crippen LogP contribution >= 0.6 is 15.9 Å². The highest BCUT2D eigenvalue weighted by atomic mass is 79.9. The summed E-state index contributed by atoms with van der Waals surface area (Å²) in [6, 6.07) is 7.50. The first-order chi connectivity index (χ1) is 13.0. The lowest BCUT2D eigenvalue weighted by Crippen LogP contribution is -2.45. The maximum Gasteiger partial charge on any atom is 0.358 e. The molecular weight excluding hydrogens is 452 g/mol. The Bertz CT molecular complexity index is 780.